The van der Waals surface area contributed by atoms with Crippen LogP contribution in [0.4, 0.5) is 5.69 Å². The molecule has 0 aliphatic rings. The molecule has 0 saturated heterocycles. The molecule has 0 bridgehead atoms. The summed E-state index contributed by atoms with van der Waals surface area (Å²) in [7, 11) is 1.53. The molecule has 0 aliphatic carbocycles. The molecule has 7 nitrogen and oxygen atoms in total. The Hall–Kier alpha value is -3.81. The van der Waals surface area contributed by atoms with E-state index in [-0.39, 0.29) is 22.2 Å². The second kappa shape index (κ2) is 14.4. The molecule has 2 heterocycles. The van der Waals surface area contributed by atoms with Crippen LogP contribution in [0.15, 0.2) is 102 Å². The zero-order chi connectivity index (χ0) is 23.3. The molecule has 4 rings (SSSR count). The van der Waals surface area contributed by atoms with E-state index in [0.29, 0.717) is 16.4 Å². The summed E-state index contributed by atoms with van der Waals surface area (Å²) in [6.45, 7) is 0. The number of methoxy groups -OCH3 is 1. The zero-order valence-electron chi connectivity index (χ0n) is 18.3. The van der Waals surface area contributed by atoms with Gasteiger partial charge in [0.15, 0.2) is 12.2 Å². The van der Waals surface area contributed by atoms with E-state index in [2.05, 4.69) is 38.0 Å². The predicted molar refractivity (Wildman–Crippen MR) is 138 cm³/mol. The van der Waals surface area contributed by atoms with Crippen molar-refractivity contribution in [2.75, 3.05) is 12.4 Å². The normalized spacial score (nSPS) is 9.79. The molecular weight excluding hydrogens is 493 g/mol. The fraction of sp³-hybridized carbons (Fsp3) is 0.0400. The van der Waals surface area contributed by atoms with Crippen LogP contribution in [0.2, 0.25) is 0 Å². The summed E-state index contributed by atoms with van der Waals surface area (Å²) in [4.78, 5) is 8.37. The molecule has 9 heteroatoms. The summed E-state index contributed by atoms with van der Waals surface area (Å²) in [5.74, 6) is 0.770. The van der Waals surface area contributed by atoms with Crippen molar-refractivity contribution in [3.05, 3.63) is 108 Å². The molecular formula is C25H24N5NiO2S+3. The van der Waals surface area contributed by atoms with Crippen LogP contribution >= 0.6 is 0 Å². The summed E-state index contributed by atoms with van der Waals surface area (Å²) in [6, 6.07) is 26.4. The Morgan fingerprint density at radius 3 is 2.09 bits per heavy atom. The minimum absolute atomic E-state index is 0. The molecule has 0 fully saturated rings. The van der Waals surface area contributed by atoms with Crippen LogP contribution in [-0.4, -0.2) is 33.5 Å². The third kappa shape index (κ3) is 8.28. The molecule has 174 valence electrons. The first kappa shape index (κ1) is 26.4. The number of benzene rings is 2. The van der Waals surface area contributed by atoms with E-state index >= 15 is 0 Å². The first-order chi connectivity index (χ1) is 16.2. The quantitative estimate of drug-likeness (QED) is 0.106. The summed E-state index contributed by atoms with van der Waals surface area (Å²) in [5.41, 5.74) is 7.26. The van der Waals surface area contributed by atoms with Crippen LogP contribution in [0, 0.1) is 0 Å². The first-order valence-corrected chi connectivity index (χ1v) is 10.4. The Morgan fingerprint density at radius 2 is 1.53 bits per heavy atom. The van der Waals surface area contributed by atoms with Gasteiger partial charge in [0, 0.05) is 24.3 Å². The van der Waals surface area contributed by atoms with Gasteiger partial charge in [-0.15, -0.1) is 0 Å². The Labute approximate surface area is 213 Å². The number of nitrogens with zero attached hydrogens (tertiary/aromatic N) is 4. The van der Waals surface area contributed by atoms with Gasteiger partial charge in [-0.25, -0.2) is 0 Å². The molecule has 3 N–H and O–H groups in total. The van der Waals surface area contributed by atoms with Crippen molar-refractivity contribution in [2.24, 2.45) is 5.10 Å². The van der Waals surface area contributed by atoms with Crippen molar-refractivity contribution in [1.82, 2.24) is 9.97 Å². The van der Waals surface area contributed by atoms with E-state index in [1.807, 2.05) is 66.7 Å². The van der Waals surface area contributed by atoms with E-state index in [9.17, 15) is 0 Å². The number of hydrogen-bond acceptors (Lipinski definition) is 4. The van der Waals surface area contributed by atoms with Gasteiger partial charge in [0.05, 0.1) is 24.1 Å². The smallest absolute Gasteiger partial charge is 0.590 e. The molecule has 0 spiro atoms. The average molecular weight is 517 g/mol. The monoisotopic (exact) mass is 516 g/mol. The van der Waals surface area contributed by atoms with Gasteiger partial charge in [-0.3, -0.25) is 9.97 Å². The number of thiol groups is 1. The van der Waals surface area contributed by atoms with Crippen molar-refractivity contribution in [1.29, 1.82) is 0 Å². The van der Waals surface area contributed by atoms with Crippen LogP contribution in [0.5, 0.6) is 11.5 Å². The molecule has 2 aromatic carbocycles. The number of hydrogen-bond donors (Lipinski definition) is 1. The Bertz CT molecular complexity index is 1140. The molecule has 2 aromatic heterocycles. The third-order valence-corrected chi connectivity index (χ3v) is 4.45. The van der Waals surface area contributed by atoms with Crippen molar-refractivity contribution in [3.8, 4) is 22.9 Å². The second-order valence-corrected chi connectivity index (χ2v) is 6.94. The number of ether oxygens (including phenoxy) is 1. The summed E-state index contributed by atoms with van der Waals surface area (Å²) in [5, 5.41) is 15.2. The SMILES string of the molecule is COc1cccc(C=N[N-]C(=[SH+])Nc2ccccc2)c1[OH2+].[Ni+2].c1ccc(-c2ccccn2)nc1. The minimum Gasteiger partial charge on any atom is -0.590 e. The van der Waals surface area contributed by atoms with Gasteiger partial charge in [0.2, 0.25) is 10.9 Å². The van der Waals surface area contributed by atoms with Crippen molar-refractivity contribution in [2.45, 2.75) is 0 Å². The largest absolute Gasteiger partial charge is 2.00 e. The molecule has 4 aromatic rings. The fourth-order valence-corrected chi connectivity index (χ4v) is 2.86. The van der Waals surface area contributed by atoms with Gasteiger partial charge >= 0.3 is 22.2 Å². The predicted octanol–water partition coefficient (Wildman–Crippen LogP) is 4.46. The number of anilines is 1. The number of rotatable bonds is 5. The first-order valence-electron chi connectivity index (χ1n) is 10.0. The van der Waals surface area contributed by atoms with E-state index in [0.717, 1.165) is 17.1 Å². The maximum atomic E-state index is 7.91. The van der Waals surface area contributed by atoms with Gasteiger partial charge in [-0.05, 0) is 48.5 Å². The zero-order valence-corrected chi connectivity index (χ0v) is 20.2. The average Bonchev–Trinajstić information content (AvgIpc) is 2.87. The van der Waals surface area contributed by atoms with Crippen LogP contribution in [-0.2, 0) is 28.7 Å². The van der Waals surface area contributed by atoms with Crippen LogP contribution < -0.4 is 10.1 Å². The van der Waals surface area contributed by atoms with Gasteiger partial charge in [-0.2, -0.15) is 0 Å². The van der Waals surface area contributed by atoms with Crippen LogP contribution in [0.3, 0.4) is 0 Å². The Kier molecular flexibility index (Phi) is 11.2. The van der Waals surface area contributed by atoms with E-state index in [1.165, 1.54) is 13.3 Å². The minimum atomic E-state index is 0. The van der Waals surface area contributed by atoms with Gasteiger partial charge in [0.25, 0.3) is 0 Å². The standard InChI is InChI=1S/C15H15N3O2S.C10H8N2.Ni/c1-20-13-9-5-6-11(14(13)19)10-16-18-15(21)17-12-7-3-2-4-8-12;1-3-7-11-9(5-1)10-6-2-4-8-12-10;/h2-10H,1H3,(H3,16,17,18,19,21);1-8H;/q;;+2/p+1. The number of para-hydroxylation sites is 2. The summed E-state index contributed by atoms with van der Waals surface area (Å²) >= 11 is 4.21. The van der Waals surface area contributed by atoms with Crippen molar-refractivity contribution in [3.63, 3.8) is 0 Å². The number of aromatic nitrogens is 2. The molecule has 0 atom stereocenters. The van der Waals surface area contributed by atoms with Crippen molar-refractivity contribution < 1.29 is 26.3 Å². The van der Waals surface area contributed by atoms with E-state index in [1.54, 1.807) is 30.6 Å². The number of nitrogens with one attached hydrogen (secondary N) is 1. The summed E-state index contributed by atoms with van der Waals surface area (Å²) < 4.78 is 5.08. The van der Waals surface area contributed by atoms with E-state index < -0.39 is 0 Å². The van der Waals surface area contributed by atoms with E-state index in [4.69, 9.17) is 9.84 Å². The van der Waals surface area contributed by atoms with Gasteiger partial charge < -0.3 is 25.7 Å². The van der Waals surface area contributed by atoms with Crippen LogP contribution in [0.1, 0.15) is 5.56 Å². The molecule has 0 aliphatic heterocycles. The number of pyridine rings is 2. The van der Waals surface area contributed by atoms with Gasteiger partial charge in [-0.1, -0.05) is 36.4 Å². The van der Waals surface area contributed by atoms with Crippen LogP contribution in [0.25, 0.3) is 16.8 Å². The molecule has 0 saturated carbocycles. The Morgan fingerprint density at radius 1 is 0.912 bits per heavy atom. The Balaban J connectivity index is 0.000000266. The molecule has 34 heavy (non-hydrogen) atoms. The van der Waals surface area contributed by atoms with Crippen molar-refractivity contribution >= 4 is 29.2 Å². The topological polar surface area (TPSA) is 96.4 Å². The third-order valence-electron chi connectivity index (χ3n) is 4.25. The molecule has 0 radical (unpaired) electrons. The maximum Gasteiger partial charge on any atom is 2.00 e. The molecule has 0 unspecified atom stereocenters. The summed E-state index contributed by atoms with van der Waals surface area (Å²) in [6.07, 6.45) is 5.03. The second-order valence-electron chi connectivity index (χ2n) is 6.51. The molecule has 0 amide bonds. The van der Waals surface area contributed by atoms with Gasteiger partial charge in [0.1, 0.15) is 0 Å². The fourth-order valence-electron chi connectivity index (χ4n) is 2.68. The maximum absolute atomic E-state index is 7.91.